The number of anilines is 2. The van der Waals surface area contributed by atoms with Crippen LogP contribution in [0.1, 0.15) is 44.7 Å². The third kappa shape index (κ3) is 7.74. The molecule has 4 aromatic carbocycles. The number of hydrogen-bond donors (Lipinski definition) is 2. The molecule has 0 aromatic heterocycles. The zero-order chi connectivity index (χ0) is 30.0. The van der Waals surface area contributed by atoms with Crippen molar-refractivity contribution in [3.05, 3.63) is 119 Å². The number of nitrogens with zero attached hydrogens (tertiary/aromatic N) is 1. The third-order valence-electron chi connectivity index (χ3n) is 8.02. The van der Waals surface area contributed by atoms with Gasteiger partial charge in [-0.25, -0.2) is 0 Å². The summed E-state index contributed by atoms with van der Waals surface area (Å²) in [6, 6.07) is 31.4. The number of nitrogens with one attached hydrogen (secondary N) is 2. The summed E-state index contributed by atoms with van der Waals surface area (Å²) < 4.78 is 10.7. The fourth-order valence-electron chi connectivity index (χ4n) is 5.64. The number of hydrogen-bond acceptors (Lipinski definition) is 5. The molecule has 0 spiro atoms. The average Bonchev–Trinajstić information content (AvgIpc) is 3.05. The number of carbonyl (C=O) groups excluding carboxylic acids is 2. The van der Waals surface area contributed by atoms with Crippen LogP contribution in [0.25, 0.3) is 0 Å². The summed E-state index contributed by atoms with van der Waals surface area (Å²) in [7, 11) is 3.08. The largest absolute Gasteiger partial charge is 0.497 e. The second-order valence-electron chi connectivity index (χ2n) is 10.9. The molecule has 5 rings (SSSR count). The number of amides is 2. The Bertz CT molecular complexity index is 1520. The van der Waals surface area contributed by atoms with Gasteiger partial charge in [0.1, 0.15) is 11.5 Å². The first-order chi connectivity index (χ1) is 21.0. The molecule has 0 atom stereocenters. The molecule has 7 nitrogen and oxygen atoms in total. The van der Waals surface area contributed by atoms with Gasteiger partial charge in [0.05, 0.1) is 25.3 Å². The van der Waals surface area contributed by atoms with E-state index in [-0.39, 0.29) is 11.8 Å². The molecular weight excluding hydrogens is 538 g/mol. The van der Waals surface area contributed by atoms with Gasteiger partial charge in [-0.1, -0.05) is 60.7 Å². The quantitative estimate of drug-likeness (QED) is 0.216. The Morgan fingerprint density at radius 2 is 1.47 bits per heavy atom. The van der Waals surface area contributed by atoms with E-state index in [9.17, 15) is 9.59 Å². The van der Waals surface area contributed by atoms with Gasteiger partial charge < -0.3 is 25.0 Å². The summed E-state index contributed by atoms with van der Waals surface area (Å²) in [5.74, 6) is 1.13. The van der Waals surface area contributed by atoms with E-state index in [1.54, 1.807) is 31.4 Å². The van der Waals surface area contributed by atoms with Gasteiger partial charge in [0.15, 0.2) is 0 Å². The maximum absolute atomic E-state index is 13.6. The van der Waals surface area contributed by atoms with Crippen molar-refractivity contribution >= 4 is 23.2 Å². The van der Waals surface area contributed by atoms with E-state index in [4.69, 9.17) is 9.47 Å². The minimum absolute atomic E-state index is 0.157. The number of rotatable bonds is 11. The van der Waals surface area contributed by atoms with Crippen LogP contribution >= 0.6 is 0 Å². The van der Waals surface area contributed by atoms with Gasteiger partial charge in [0.25, 0.3) is 11.8 Å². The Kier molecular flexibility index (Phi) is 9.95. The molecule has 0 saturated carbocycles. The van der Waals surface area contributed by atoms with Crippen molar-refractivity contribution in [1.82, 2.24) is 5.32 Å². The Balaban J connectivity index is 1.33. The average molecular weight is 578 g/mol. The van der Waals surface area contributed by atoms with E-state index in [0.29, 0.717) is 40.8 Å². The molecule has 1 aliphatic rings. The summed E-state index contributed by atoms with van der Waals surface area (Å²) in [5, 5.41) is 6.05. The summed E-state index contributed by atoms with van der Waals surface area (Å²) in [6.07, 6.45) is 3.92. The van der Waals surface area contributed by atoms with Crippen molar-refractivity contribution in [2.75, 3.05) is 44.1 Å². The molecule has 0 unspecified atom stereocenters. The predicted octanol–water partition coefficient (Wildman–Crippen LogP) is 6.39. The lowest BCUT2D eigenvalue weighted by molar-refractivity contribution is 0.0953. The normalized spacial score (nSPS) is 13.3. The molecule has 1 saturated heterocycles. The smallest absolute Gasteiger partial charge is 0.259 e. The molecule has 1 heterocycles. The van der Waals surface area contributed by atoms with Crippen LogP contribution in [0.4, 0.5) is 11.4 Å². The Morgan fingerprint density at radius 1 is 0.767 bits per heavy atom. The van der Waals surface area contributed by atoms with Crippen LogP contribution in [0.5, 0.6) is 11.5 Å². The van der Waals surface area contributed by atoms with Crippen LogP contribution in [0.15, 0.2) is 97.1 Å². The second kappa shape index (κ2) is 14.4. The summed E-state index contributed by atoms with van der Waals surface area (Å²) >= 11 is 0. The lowest BCUT2D eigenvalue weighted by atomic mass is 9.89. The van der Waals surface area contributed by atoms with Crippen LogP contribution in [0.2, 0.25) is 0 Å². The monoisotopic (exact) mass is 577 g/mol. The van der Waals surface area contributed by atoms with E-state index < -0.39 is 0 Å². The SMILES string of the molecule is COc1ccc(C(=O)Nc2ccc(N3CCC(Cc4ccccc4)CC3)c(C(=O)NCCc3ccccc3)c2)c(OC)c1. The fraction of sp³-hybridized carbons (Fsp3) is 0.278. The van der Waals surface area contributed by atoms with E-state index in [1.165, 1.54) is 12.7 Å². The van der Waals surface area contributed by atoms with Gasteiger partial charge in [0, 0.05) is 37.1 Å². The predicted molar refractivity (Wildman–Crippen MR) is 172 cm³/mol. The lowest BCUT2D eigenvalue weighted by Gasteiger charge is -2.35. The zero-order valence-electron chi connectivity index (χ0n) is 24.8. The van der Waals surface area contributed by atoms with Crippen LogP contribution in [0.3, 0.4) is 0 Å². The van der Waals surface area contributed by atoms with Gasteiger partial charge >= 0.3 is 0 Å². The summed E-state index contributed by atoms with van der Waals surface area (Å²) in [6.45, 7) is 2.26. The lowest BCUT2D eigenvalue weighted by Crippen LogP contribution is -2.36. The maximum atomic E-state index is 13.6. The van der Waals surface area contributed by atoms with Crippen molar-refractivity contribution in [3.63, 3.8) is 0 Å². The molecule has 7 heteroatoms. The van der Waals surface area contributed by atoms with E-state index in [0.717, 1.165) is 50.0 Å². The highest BCUT2D eigenvalue weighted by molar-refractivity contribution is 6.08. The molecule has 4 aromatic rings. The molecule has 0 aliphatic carbocycles. The van der Waals surface area contributed by atoms with Gasteiger partial charge in [-0.15, -0.1) is 0 Å². The summed E-state index contributed by atoms with van der Waals surface area (Å²) in [4.78, 5) is 29.1. The first-order valence-corrected chi connectivity index (χ1v) is 14.8. The second-order valence-corrected chi connectivity index (χ2v) is 10.9. The highest BCUT2D eigenvalue weighted by atomic mass is 16.5. The van der Waals surface area contributed by atoms with Crippen LogP contribution in [0, 0.1) is 5.92 Å². The molecule has 2 N–H and O–H groups in total. The maximum Gasteiger partial charge on any atom is 0.259 e. The molecule has 1 fully saturated rings. The number of carbonyl (C=O) groups is 2. The van der Waals surface area contributed by atoms with E-state index in [2.05, 4.69) is 58.0 Å². The first kappa shape index (κ1) is 29.7. The minimum atomic E-state index is -0.329. The Labute approximate surface area is 253 Å². The van der Waals surface area contributed by atoms with Crippen molar-refractivity contribution in [2.45, 2.75) is 25.7 Å². The van der Waals surface area contributed by atoms with Crippen LogP contribution in [-0.4, -0.2) is 45.7 Å². The van der Waals surface area contributed by atoms with Crippen molar-refractivity contribution in [1.29, 1.82) is 0 Å². The van der Waals surface area contributed by atoms with Gasteiger partial charge in [-0.05, 0) is 73.1 Å². The van der Waals surface area contributed by atoms with Crippen molar-refractivity contribution in [2.24, 2.45) is 5.92 Å². The summed E-state index contributed by atoms with van der Waals surface area (Å²) in [5.41, 5.74) is 4.89. The number of piperidine rings is 1. The fourth-order valence-corrected chi connectivity index (χ4v) is 5.64. The van der Waals surface area contributed by atoms with Crippen LogP contribution < -0.4 is 25.0 Å². The molecule has 1 aliphatic heterocycles. The first-order valence-electron chi connectivity index (χ1n) is 14.8. The molecule has 0 radical (unpaired) electrons. The van der Waals surface area contributed by atoms with Crippen LogP contribution in [-0.2, 0) is 12.8 Å². The van der Waals surface area contributed by atoms with E-state index >= 15 is 0 Å². The highest BCUT2D eigenvalue weighted by Gasteiger charge is 2.24. The Morgan fingerprint density at radius 3 is 2.14 bits per heavy atom. The molecule has 0 bridgehead atoms. The standard InChI is InChI=1S/C36H39N3O4/c1-42-30-14-15-31(34(25-30)43-2)36(41)38-29-13-16-33(32(24-29)35(40)37-20-17-26-9-5-3-6-10-26)39-21-18-28(19-22-39)23-27-11-7-4-8-12-27/h3-16,24-25,28H,17-23H2,1-2H3,(H,37,40)(H,38,41). The number of methoxy groups -OCH3 is 2. The molecule has 222 valence electrons. The van der Waals surface area contributed by atoms with Crippen molar-refractivity contribution < 1.29 is 19.1 Å². The minimum Gasteiger partial charge on any atom is -0.497 e. The zero-order valence-corrected chi connectivity index (χ0v) is 24.8. The molecule has 2 amide bonds. The Hall–Kier alpha value is -4.78. The topological polar surface area (TPSA) is 79.9 Å². The third-order valence-corrected chi connectivity index (χ3v) is 8.02. The molecule has 43 heavy (non-hydrogen) atoms. The number of ether oxygens (including phenoxy) is 2. The molecular formula is C36H39N3O4. The highest BCUT2D eigenvalue weighted by Crippen LogP contribution is 2.31. The van der Waals surface area contributed by atoms with Gasteiger partial charge in [-0.2, -0.15) is 0 Å². The van der Waals surface area contributed by atoms with Gasteiger partial charge in [-0.3, -0.25) is 9.59 Å². The van der Waals surface area contributed by atoms with Crippen molar-refractivity contribution in [3.8, 4) is 11.5 Å². The number of benzene rings is 4. The van der Waals surface area contributed by atoms with E-state index in [1.807, 2.05) is 30.3 Å². The van der Waals surface area contributed by atoms with Gasteiger partial charge in [0.2, 0.25) is 0 Å².